The molecular weight excluding hydrogens is 262 g/mol. The molecule has 2 saturated heterocycles. The quantitative estimate of drug-likeness (QED) is 0.519. The van der Waals surface area contributed by atoms with E-state index in [0.29, 0.717) is 6.54 Å². The molecule has 0 aliphatic carbocycles. The van der Waals surface area contributed by atoms with Crippen LogP contribution in [-0.4, -0.2) is 64.7 Å². The van der Waals surface area contributed by atoms with Crippen molar-refractivity contribution in [3.8, 4) is 0 Å². The lowest BCUT2D eigenvalue weighted by Crippen LogP contribution is -2.58. The normalized spacial score (nSPS) is 27.7. The Bertz CT molecular complexity index is 463. The van der Waals surface area contributed by atoms with Gasteiger partial charge in [-0.05, 0) is 6.07 Å². The fourth-order valence-electron chi connectivity index (χ4n) is 2.65. The number of piperazine rings is 1. The third kappa shape index (κ3) is 2.55. The van der Waals surface area contributed by atoms with Crippen LogP contribution in [0.3, 0.4) is 0 Å². The van der Waals surface area contributed by atoms with E-state index in [1.54, 1.807) is 18.5 Å². The highest BCUT2D eigenvalue weighted by Crippen LogP contribution is 2.14. The summed E-state index contributed by atoms with van der Waals surface area (Å²) in [5.41, 5.74) is 5.87. The average Bonchev–Trinajstić information content (AvgIpc) is 2.98. The minimum absolute atomic E-state index is 0.218. The van der Waals surface area contributed by atoms with E-state index in [1.165, 1.54) is 0 Å². The van der Waals surface area contributed by atoms with E-state index >= 15 is 0 Å². The highest BCUT2D eigenvalue weighted by molar-refractivity contribution is 5.29. The molecule has 0 radical (unpaired) electrons. The largest absolute Gasteiger partial charge is 0.338 e. The minimum atomic E-state index is -0.602. The summed E-state index contributed by atoms with van der Waals surface area (Å²) in [6, 6.07) is 1.18. The monoisotopic (exact) mass is 279 g/mol. The second-order valence-electron chi connectivity index (χ2n) is 4.89. The van der Waals surface area contributed by atoms with Crippen LogP contribution in [0.15, 0.2) is 18.5 Å². The van der Waals surface area contributed by atoms with Crippen LogP contribution in [-0.2, 0) is 0 Å². The maximum absolute atomic E-state index is 11.0. The molecule has 0 spiro atoms. The van der Waals surface area contributed by atoms with Gasteiger partial charge in [0, 0.05) is 43.5 Å². The summed E-state index contributed by atoms with van der Waals surface area (Å²) in [5.74, 6) is 0.718. The third-order valence-electron chi connectivity index (χ3n) is 3.74. The fourth-order valence-corrected chi connectivity index (χ4v) is 2.65. The van der Waals surface area contributed by atoms with E-state index in [4.69, 9.17) is 0 Å². The number of hydrogen-bond acceptors (Lipinski definition) is 8. The molecule has 9 heteroatoms. The van der Waals surface area contributed by atoms with Crippen molar-refractivity contribution in [2.24, 2.45) is 0 Å². The maximum Gasteiger partial charge on any atom is 0.256 e. The number of anilines is 1. The fraction of sp³-hybridized carbons (Fsp3) is 0.636. The topological polar surface area (TPSA) is 99.5 Å². The van der Waals surface area contributed by atoms with Crippen LogP contribution in [0.2, 0.25) is 0 Å². The van der Waals surface area contributed by atoms with Crippen LogP contribution in [0.4, 0.5) is 5.95 Å². The molecule has 108 valence electrons. The Labute approximate surface area is 116 Å². The number of hydrazine groups is 1. The Kier molecular flexibility index (Phi) is 3.72. The van der Waals surface area contributed by atoms with Gasteiger partial charge in [0.2, 0.25) is 5.95 Å². The van der Waals surface area contributed by atoms with Crippen molar-refractivity contribution in [1.82, 2.24) is 25.7 Å². The molecule has 2 fully saturated rings. The molecule has 20 heavy (non-hydrogen) atoms. The number of hydrogen-bond donors (Lipinski definition) is 2. The van der Waals surface area contributed by atoms with Crippen LogP contribution >= 0.6 is 0 Å². The van der Waals surface area contributed by atoms with Gasteiger partial charge in [-0.3, -0.25) is 15.0 Å². The minimum Gasteiger partial charge on any atom is -0.338 e. The van der Waals surface area contributed by atoms with Gasteiger partial charge in [0.25, 0.3) is 6.04 Å². The summed E-state index contributed by atoms with van der Waals surface area (Å²) in [6.07, 6.45) is 3.20. The highest BCUT2D eigenvalue weighted by atomic mass is 16.6. The number of rotatable bonds is 3. The van der Waals surface area contributed by atoms with Gasteiger partial charge < -0.3 is 4.90 Å². The molecule has 2 atom stereocenters. The standard InChI is InChI=1S/C11H17N7O2/c19-18(20)9-8-14-15-10(9)16-4-6-17(7-5-16)11-12-2-1-3-13-11/h1-3,9-10,14-15H,4-8H2. The van der Waals surface area contributed by atoms with E-state index in [1.807, 2.05) is 0 Å². The van der Waals surface area contributed by atoms with Crippen molar-refractivity contribution in [2.75, 3.05) is 37.6 Å². The first-order valence-electron chi connectivity index (χ1n) is 6.63. The zero-order valence-electron chi connectivity index (χ0n) is 11.0. The van der Waals surface area contributed by atoms with Gasteiger partial charge in [0.15, 0.2) is 0 Å². The molecule has 1 aromatic rings. The molecule has 0 bridgehead atoms. The first-order chi connectivity index (χ1) is 9.75. The number of aromatic nitrogens is 2. The molecule has 2 aliphatic heterocycles. The number of nitro groups is 1. The summed E-state index contributed by atoms with van der Waals surface area (Å²) >= 11 is 0. The van der Waals surface area contributed by atoms with Gasteiger partial charge in [-0.25, -0.2) is 20.8 Å². The van der Waals surface area contributed by atoms with E-state index in [0.717, 1.165) is 32.1 Å². The van der Waals surface area contributed by atoms with Crippen LogP contribution in [0, 0.1) is 10.1 Å². The van der Waals surface area contributed by atoms with Crippen molar-refractivity contribution in [1.29, 1.82) is 0 Å². The van der Waals surface area contributed by atoms with Crippen molar-refractivity contribution in [2.45, 2.75) is 12.2 Å². The Morgan fingerprint density at radius 3 is 2.60 bits per heavy atom. The van der Waals surface area contributed by atoms with Crippen LogP contribution < -0.4 is 15.8 Å². The molecule has 0 amide bonds. The predicted molar refractivity (Wildman–Crippen MR) is 71.5 cm³/mol. The van der Waals surface area contributed by atoms with Gasteiger partial charge in [0.05, 0.1) is 6.54 Å². The Hall–Kier alpha value is -1.84. The second kappa shape index (κ2) is 5.65. The third-order valence-corrected chi connectivity index (χ3v) is 3.74. The lowest BCUT2D eigenvalue weighted by Gasteiger charge is -2.37. The Morgan fingerprint density at radius 2 is 1.95 bits per heavy atom. The molecule has 1 aromatic heterocycles. The van der Waals surface area contributed by atoms with Crippen LogP contribution in [0.5, 0.6) is 0 Å². The van der Waals surface area contributed by atoms with E-state index in [-0.39, 0.29) is 11.1 Å². The zero-order valence-corrected chi connectivity index (χ0v) is 11.0. The van der Waals surface area contributed by atoms with E-state index in [2.05, 4.69) is 30.6 Å². The smallest absolute Gasteiger partial charge is 0.256 e. The average molecular weight is 279 g/mol. The molecule has 2 unspecified atom stereocenters. The maximum atomic E-state index is 11.0. The van der Waals surface area contributed by atoms with Crippen molar-refractivity contribution < 1.29 is 4.92 Å². The van der Waals surface area contributed by atoms with Crippen LogP contribution in [0.25, 0.3) is 0 Å². The van der Waals surface area contributed by atoms with Crippen molar-refractivity contribution in [3.63, 3.8) is 0 Å². The van der Waals surface area contributed by atoms with Gasteiger partial charge in [-0.15, -0.1) is 0 Å². The van der Waals surface area contributed by atoms with Gasteiger partial charge in [-0.2, -0.15) is 0 Å². The lowest BCUT2D eigenvalue weighted by molar-refractivity contribution is -0.524. The van der Waals surface area contributed by atoms with Gasteiger partial charge in [0.1, 0.15) is 6.17 Å². The molecule has 3 rings (SSSR count). The second-order valence-corrected chi connectivity index (χ2v) is 4.89. The molecule has 9 nitrogen and oxygen atoms in total. The van der Waals surface area contributed by atoms with Gasteiger partial charge in [-0.1, -0.05) is 0 Å². The molecule has 0 saturated carbocycles. The van der Waals surface area contributed by atoms with Crippen molar-refractivity contribution in [3.05, 3.63) is 28.6 Å². The summed E-state index contributed by atoms with van der Waals surface area (Å²) in [5, 5.41) is 11.0. The molecule has 2 N–H and O–H groups in total. The molecule has 2 aliphatic rings. The summed E-state index contributed by atoms with van der Waals surface area (Å²) in [6.45, 7) is 3.41. The van der Waals surface area contributed by atoms with E-state index in [9.17, 15) is 10.1 Å². The highest BCUT2D eigenvalue weighted by Gasteiger charge is 2.41. The molecule has 3 heterocycles. The molecule has 0 aromatic carbocycles. The first-order valence-corrected chi connectivity index (χ1v) is 6.63. The van der Waals surface area contributed by atoms with Crippen molar-refractivity contribution >= 4 is 5.95 Å². The van der Waals surface area contributed by atoms with Crippen LogP contribution in [0.1, 0.15) is 0 Å². The number of nitrogens with zero attached hydrogens (tertiary/aromatic N) is 5. The SMILES string of the molecule is O=[N+]([O-])C1CNNC1N1CCN(c2ncccn2)CC1. The summed E-state index contributed by atoms with van der Waals surface area (Å²) < 4.78 is 0. The Balaban J connectivity index is 1.60. The molecular formula is C11H17N7O2. The first kappa shape index (κ1) is 13.2. The predicted octanol–water partition coefficient (Wildman–Crippen LogP) is -1.32. The number of nitrogens with one attached hydrogen (secondary N) is 2. The summed E-state index contributed by atoms with van der Waals surface area (Å²) in [7, 11) is 0. The summed E-state index contributed by atoms with van der Waals surface area (Å²) in [4.78, 5) is 23.4. The zero-order chi connectivity index (χ0) is 13.9. The Morgan fingerprint density at radius 1 is 1.25 bits per heavy atom. The van der Waals surface area contributed by atoms with Gasteiger partial charge >= 0.3 is 0 Å². The van der Waals surface area contributed by atoms with E-state index < -0.39 is 6.04 Å². The lowest BCUT2D eigenvalue weighted by atomic mass is 10.2.